The van der Waals surface area contributed by atoms with Gasteiger partial charge in [0.15, 0.2) is 0 Å². The van der Waals surface area contributed by atoms with Gasteiger partial charge in [0.25, 0.3) is 0 Å². The number of benzene rings is 1. The molecule has 102 valence electrons. The monoisotopic (exact) mass is 256 g/mol. The molecule has 0 atom stereocenters. The van der Waals surface area contributed by atoms with Crippen LogP contribution in [0, 0.1) is 0 Å². The lowest BCUT2D eigenvalue weighted by atomic mass is 10.1. The zero-order valence-electron chi connectivity index (χ0n) is 11.9. The van der Waals surface area contributed by atoms with Crippen molar-refractivity contribution in [3.05, 3.63) is 36.0 Å². The van der Waals surface area contributed by atoms with Gasteiger partial charge in [-0.2, -0.15) is 0 Å². The van der Waals surface area contributed by atoms with E-state index in [1.54, 1.807) is 0 Å². The molecule has 1 aliphatic rings. The standard InChI is InChI=1S/C17H24N2/c1-2-15-7-6-8-16-9-12-19(17(15)16)14-13-18-10-4-3-5-11-18/h6-9,12H,2-5,10-11,13-14H2,1H3. The van der Waals surface area contributed by atoms with E-state index < -0.39 is 0 Å². The minimum atomic E-state index is 1.12. The minimum absolute atomic E-state index is 1.12. The Balaban J connectivity index is 1.77. The Morgan fingerprint density at radius 1 is 1.00 bits per heavy atom. The fraction of sp³-hybridized carbons (Fsp3) is 0.529. The van der Waals surface area contributed by atoms with Crippen LogP contribution in [-0.4, -0.2) is 29.1 Å². The molecule has 19 heavy (non-hydrogen) atoms. The van der Waals surface area contributed by atoms with Crippen molar-refractivity contribution in [2.75, 3.05) is 19.6 Å². The van der Waals surface area contributed by atoms with Crippen LogP contribution >= 0.6 is 0 Å². The van der Waals surface area contributed by atoms with E-state index in [0.29, 0.717) is 0 Å². The molecule has 2 nitrogen and oxygen atoms in total. The highest BCUT2D eigenvalue weighted by atomic mass is 15.1. The maximum absolute atomic E-state index is 2.61. The van der Waals surface area contributed by atoms with Crippen LogP contribution in [0.5, 0.6) is 0 Å². The van der Waals surface area contributed by atoms with Crippen LogP contribution in [0.4, 0.5) is 0 Å². The molecule has 0 amide bonds. The van der Waals surface area contributed by atoms with Gasteiger partial charge < -0.3 is 9.47 Å². The highest BCUT2D eigenvalue weighted by Crippen LogP contribution is 2.21. The van der Waals surface area contributed by atoms with Crippen LogP contribution in [0.25, 0.3) is 10.9 Å². The molecule has 0 bridgehead atoms. The van der Waals surface area contributed by atoms with E-state index in [9.17, 15) is 0 Å². The summed E-state index contributed by atoms with van der Waals surface area (Å²) in [5, 5.41) is 1.39. The summed E-state index contributed by atoms with van der Waals surface area (Å²) in [4.78, 5) is 2.61. The summed E-state index contributed by atoms with van der Waals surface area (Å²) < 4.78 is 2.45. The largest absolute Gasteiger partial charge is 0.346 e. The predicted octanol–water partition coefficient (Wildman–Crippen LogP) is 3.69. The summed E-state index contributed by atoms with van der Waals surface area (Å²) in [7, 11) is 0. The number of likely N-dealkylation sites (tertiary alicyclic amines) is 1. The van der Waals surface area contributed by atoms with E-state index in [-0.39, 0.29) is 0 Å². The second-order valence-corrected chi connectivity index (χ2v) is 5.62. The van der Waals surface area contributed by atoms with Crippen molar-refractivity contribution in [2.45, 2.75) is 39.2 Å². The lowest BCUT2D eigenvalue weighted by molar-refractivity contribution is 0.221. The quantitative estimate of drug-likeness (QED) is 0.810. The van der Waals surface area contributed by atoms with E-state index in [2.05, 4.69) is 46.9 Å². The number of rotatable bonds is 4. The van der Waals surface area contributed by atoms with Crippen LogP contribution in [0.2, 0.25) is 0 Å². The summed E-state index contributed by atoms with van der Waals surface area (Å²) in [6.07, 6.45) is 7.56. The summed E-state index contributed by atoms with van der Waals surface area (Å²) in [5.74, 6) is 0. The van der Waals surface area contributed by atoms with Gasteiger partial charge in [0.1, 0.15) is 0 Å². The van der Waals surface area contributed by atoms with Gasteiger partial charge in [0.2, 0.25) is 0 Å². The van der Waals surface area contributed by atoms with E-state index in [0.717, 1.165) is 13.0 Å². The summed E-state index contributed by atoms with van der Waals surface area (Å²) >= 11 is 0. The first kappa shape index (κ1) is 12.7. The molecule has 1 aliphatic heterocycles. The van der Waals surface area contributed by atoms with Crippen molar-refractivity contribution in [3.63, 3.8) is 0 Å². The fourth-order valence-corrected chi connectivity index (χ4v) is 3.24. The lowest BCUT2D eigenvalue weighted by Crippen LogP contribution is -2.32. The van der Waals surface area contributed by atoms with E-state index in [1.807, 2.05) is 0 Å². The number of para-hydroxylation sites is 1. The highest BCUT2D eigenvalue weighted by molar-refractivity contribution is 5.83. The zero-order valence-corrected chi connectivity index (χ0v) is 11.9. The van der Waals surface area contributed by atoms with Gasteiger partial charge >= 0.3 is 0 Å². The molecule has 0 saturated carbocycles. The average molecular weight is 256 g/mol. The third-order valence-corrected chi connectivity index (χ3v) is 4.36. The Labute approximate surface area is 116 Å². The van der Waals surface area contributed by atoms with E-state index >= 15 is 0 Å². The minimum Gasteiger partial charge on any atom is -0.346 e. The second-order valence-electron chi connectivity index (χ2n) is 5.62. The topological polar surface area (TPSA) is 8.17 Å². The molecule has 1 fully saturated rings. The van der Waals surface area contributed by atoms with Crippen molar-refractivity contribution >= 4 is 10.9 Å². The first-order valence-electron chi connectivity index (χ1n) is 7.67. The van der Waals surface area contributed by atoms with Crippen LogP contribution in [0.15, 0.2) is 30.5 Å². The number of hydrogen-bond acceptors (Lipinski definition) is 1. The molecule has 0 aliphatic carbocycles. The normalized spacial score (nSPS) is 17.1. The van der Waals surface area contributed by atoms with Crippen LogP contribution in [0.1, 0.15) is 31.7 Å². The predicted molar refractivity (Wildman–Crippen MR) is 81.6 cm³/mol. The molecule has 3 rings (SSSR count). The van der Waals surface area contributed by atoms with Crippen molar-refractivity contribution in [1.82, 2.24) is 9.47 Å². The molecule has 1 aromatic heterocycles. The van der Waals surface area contributed by atoms with Gasteiger partial charge in [0, 0.05) is 19.3 Å². The Hall–Kier alpha value is -1.28. The molecule has 0 unspecified atom stereocenters. The summed E-state index contributed by atoms with van der Waals surface area (Å²) in [5.41, 5.74) is 2.92. The molecule has 2 heteroatoms. The van der Waals surface area contributed by atoms with Crippen molar-refractivity contribution in [1.29, 1.82) is 0 Å². The number of aryl methyl sites for hydroxylation is 1. The SMILES string of the molecule is CCc1cccc2ccn(CCN3CCCCC3)c12. The van der Waals surface area contributed by atoms with Crippen LogP contribution in [0.3, 0.4) is 0 Å². The van der Waals surface area contributed by atoms with Gasteiger partial charge in [-0.15, -0.1) is 0 Å². The van der Waals surface area contributed by atoms with E-state index in [4.69, 9.17) is 0 Å². The molecule has 2 aromatic rings. The molecular formula is C17H24N2. The summed E-state index contributed by atoms with van der Waals surface area (Å²) in [6.45, 7) is 7.15. The van der Waals surface area contributed by atoms with Crippen LogP contribution in [-0.2, 0) is 13.0 Å². The molecular weight excluding hydrogens is 232 g/mol. The number of aromatic nitrogens is 1. The average Bonchev–Trinajstić information content (AvgIpc) is 2.89. The number of nitrogens with zero attached hydrogens (tertiary/aromatic N) is 2. The molecule has 1 saturated heterocycles. The molecule has 0 N–H and O–H groups in total. The number of fused-ring (bicyclic) bond motifs is 1. The van der Waals surface area contributed by atoms with Gasteiger partial charge in [-0.1, -0.05) is 31.5 Å². The van der Waals surface area contributed by atoms with Gasteiger partial charge in [-0.25, -0.2) is 0 Å². The van der Waals surface area contributed by atoms with Crippen LogP contribution < -0.4 is 0 Å². The maximum atomic E-state index is 2.61. The number of hydrogen-bond donors (Lipinski definition) is 0. The molecule has 2 heterocycles. The van der Waals surface area contributed by atoms with Crippen molar-refractivity contribution in [2.24, 2.45) is 0 Å². The Bertz CT molecular complexity index is 535. The summed E-state index contributed by atoms with van der Waals surface area (Å²) in [6, 6.07) is 8.92. The third kappa shape index (κ3) is 2.69. The van der Waals surface area contributed by atoms with Crippen molar-refractivity contribution in [3.8, 4) is 0 Å². The second kappa shape index (κ2) is 5.79. The smallest absolute Gasteiger partial charge is 0.0513 e. The third-order valence-electron chi connectivity index (χ3n) is 4.36. The molecule has 0 spiro atoms. The molecule has 1 aromatic carbocycles. The zero-order chi connectivity index (χ0) is 13.1. The van der Waals surface area contributed by atoms with Gasteiger partial charge in [-0.3, -0.25) is 0 Å². The highest BCUT2D eigenvalue weighted by Gasteiger charge is 2.11. The fourth-order valence-electron chi connectivity index (χ4n) is 3.24. The maximum Gasteiger partial charge on any atom is 0.0513 e. The van der Waals surface area contributed by atoms with Gasteiger partial charge in [-0.05, 0) is 49.4 Å². The lowest BCUT2D eigenvalue weighted by Gasteiger charge is -2.26. The van der Waals surface area contributed by atoms with Gasteiger partial charge in [0.05, 0.1) is 5.52 Å². The first-order chi connectivity index (χ1) is 9.38. The molecule has 0 radical (unpaired) electrons. The number of piperidine rings is 1. The van der Waals surface area contributed by atoms with Crippen molar-refractivity contribution < 1.29 is 0 Å². The van der Waals surface area contributed by atoms with E-state index in [1.165, 1.54) is 55.4 Å². The Kier molecular flexibility index (Phi) is 3.88. The Morgan fingerprint density at radius 2 is 1.84 bits per heavy atom. The first-order valence-corrected chi connectivity index (χ1v) is 7.67. The Morgan fingerprint density at radius 3 is 2.63 bits per heavy atom.